The van der Waals surface area contributed by atoms with Crippen LogP contribution in [0.2, 0.25) is 5.02 Å². The van der Waals surface area contributed by atoms with Crippen LogP contribution in [-0.4, -0.2) is 19.6 Å². The van der Waals surface area contributed by atoms with Crippen molar-refractivity contribution in [1.82, 2.24) is 14.5 Å². The number of benzene rings is 1. The number of phenols is 1. The molecule has 4 aromatic rings. The Morgan fingerprint density at radius 1 is 1.16 bits per heavy atom. The zero-order chi connectivity index (χ0) is 17.6. The van der Waals surface area contributed by atoms with Crippen LogP contribution < -0.4 is 5.56 Å². The summed E-state index contributed by atoms with van der Waals surface area (Å²) in [4.78, 5) is 21.8. The molecule has 124 valence electrons. The zero-order valence-corrected chi connectivity index (χ0v) is 14.1. The lowest BCUT2D eigenvalue weighted by atomic mass is 10.3. The molecule has 25 heavy (non-hydrogen) atoms. The highest BCUT2D eigenvalue weighted by Gasteiger charge is 2.13. The van der Waals surface area contributed by atoms with Gasteiger partial charge in [0.2, 0.25) is 0 Å². The highest BCUT2D eigenvalue weighted by Crippen LogP contribution is 2.30. The summed E-state index contributed by atoms with van der Waals surface area (Å²) in [5.41, 5.74) is 1.35. The van der Waals surface area contributed by atoms with Gasteiger partial charge in [0.1, 0.15) is 22.6 Å². The highest BCUT2D eigenvalue weighted by atomic mass is 35.5. The van der Waals surface area contributed by atoms with Crippen molar-refractivity contribution in [2.45, 2.75) is 0 Å². The molecule has 3 heterocycles. The Hall–Kier alpha value is -2.77. The predicted molar refractivity (Wildman–Crippen MR) is 95.1 cm³/mol. The summed E-state index contributed by atoms with van der Waals surface area (Å²) in [6.07, 6.45) is 2.53. The smallest absolute Gasteiger partial charge is 0.275 e. The number of hydrogen-bond acceptors (Lipinski definition) is 5. The van der Waals surface area contributed by atoms with E-state index < -0.39 is 5.82 Å². The van der Waals surface area contributed by atoms with Crippen LogP contribution in [0.25, 0.3) is 26.5 Å². The molecule has 0 unspecified atom stereocenters. The SMILES string of the molecule is O=c1c2sc(-c3ccc(F)cn3)cc2ncn1-c1ccc(O)c(Cl)c1. The second-order valence-electron chi connectivity index (χ2n) is 5.24. The first-order chi connectivity index (χ1) is 12.0. The quantitative estimate of drug-likeness (QED) is 0.576. The number of fused-ring (bicyclic) bond motifs is 1. The van der Waals surface area contributed by atoms with Gasteiger partial charge in [0.05, 0.1) is 33.0 Å². The summed E-state index contributed by atoms with van der Waals surface area (Å²) in [6.45, 7) is 0. The maximum absolute atomic E-state index is 13.0. The van der Waals surface area contributed by atoms with Gasteiger partial charge in [0.15, 0.2) is 0 Å². The van der Waals surface area contributed by atoms with E-state index in [0.29, 0.717) is 21.6 Å². The Morgan fingerprint density at radius 3 is 2.72 bits per heavy atom. The molecule has 0 aliphatic rings. The fraction of sp³-hybridized carbons (Fsp3) is 0. The maximum Gasteiger partial charge on any atom is 0.275 e. The molecule has 1 N–H and O–H groups in total. The summed E-state index contributed by atoms with van der Waals surface area (Å²) < 4.78 is 14.8. The van der Waals surface area contributed by atoms with Gasteiger partial charge in [-0.15, -0.1) is 11.3 Å². The van der Waals surface area contributed by atoms with E-state index in [1.165, 1.54) is 40.4 Å². The van der Waals surface area contributed by atoms with Gasteiger partial charge in [-0.2, -0.15) is 0 Å². The van der Waals surface area contributed by atoms with Gasteiger partial charge in [-0.1, -0.05) is 11.6 Å². The summed E-state index contributed by atoms with van der Waals surface area (Å²) in [5.74, 6) is -0.483. The minimum absolute atomic E-state index is 0.0618. The fourth-order valence-electron chi connectivity index (χ4n) is 2.39. The molecule has 5 nitrogen and oxygen atoms in total. The molecule has 3 aromatic heterocycles. The van der Waals surface area contributed by atoms with Gasteiger partial charge >= 0.3 is 0 Å². The third-order valence-electron chi connectivity index (χ3n) is 3.63. The van der Waals surface area contributed by atoms with Crippen molar-refractivity contribution < 1.29 is 9.50 Å². The second-order valence-corrected chi connectivity index (χ2v) is 6.70. The number of hydrogen-bond donors (Lipinski definition) is 1. The van der Waals surface area contributed by atoms with E-state index in [9.17, 15) is 14.3 Å². The lowest BCUT2D eigenvalue weighted by Gasteiger charge is -2.06. The van der Waals surface area contributed by atoms with Crippen LogP contribution in [0.1, 0.15) is 0 Å². The topological polar surface area (TPSA) is 68.0 Å². The van der Waals surface area contributed by atoms with Gasteiger partial charge in [0.25, 0.3) is 5.56 Å². The molecule has 0 aliphatic heterocycles. The molecule has 0 fully saturated rings. The van der Waals surface area contributed by atoms with E-state index >= 15 is 0 Å². The van der Waals surface area contributed by atoms with Gasteiger partial charge in [-0.25, -0.2) is 9.37 Å². The first-order valence-corrected chi connectivity index (χ1v) is 8.34. The molecule has 4 rings (SSSR count). The van der Waals surface area contributed by atoms with Crippen LogP contribution in [0.5, 0.6) is 5.75 Å². The van der Waals surface area contributed by atoms with Crippen molar-refractivity contribution >= 4 is 33.2 Å². The molecule has 0 aliphatic carbocycles. The monoisotopic (exact) mass is 373 g/mol. The third-order valence-corrected chi connectivity index (χ3v) is 5.06. The number of halogens is 2. The Balaban J connectivity index is 1.86. The average Bonchev–Trinajstić information content (AvgIpc) is 3.04. The molecule has 0 bridgehead atoms. The Morgan fingerprint density at radius 2 is 2.00 bits per heavy atom. The van der Waals surface area contributed by atoms with Crippen LogP contribution in [0.4, 0.5) is 4.39 Å². The van der Waals surface area contributed by atoms with Crippen LogP contribution in [0.15, 0.2) is 53.7 Å². The van der Waals surface area contributed by atoms with E-state index in [1.54, 1.807) is 18.2 Å². The van der Waals surface area contributed by atoms with Gasteiger partial charge in [-0.05, 0) is 36.4 Å². The highest BCUT2D eigenvalue weighted by molar-refractivity contribution is 7.22. The standard InChI is InChI=1S/C17H9ClFN3O2S/c18-11-5-10(2-4-14(11)23)22-8-21-13-6-15(25-16(13)17(22)24)12-3-1-9(19)7-20-12/h1-8,23H. The van der Waals surface area contributed by atoms with Crippen LogP contribution in [0, 0.1) is 5.82 Å². The number of aromatic hydroxyl groups is 1. The van der Waals surface area contributed by atoms with Crippen molar-refractivity contribution in [3.63, 3.8) is 0 Å². The third kappa shape index (κ3) is 2.77. The van der Waals surface area contributed by atoms with E-state index in [1.807, 2.05) is 0 Å². The number of nitrogens with zero attached hydrogens (tertiary/aromatic N) is 3. The van der Waals surface area contributed by atoms with Crippen molar-refractivity contribution in [3.05, 3.63) is 70.1 Å². The number of phenolic OH excluding ortho intramolecular Hbond substituents is 1. The molecule has 0 atom stereocenters. The predicted octanol–water partition coefficient (Wildman–Crippen LogP) is 4.01. The summed E-state index contributed by atoms with van der Waals surface area (Å²) in [5, 5.41) is 9.66. The Labute approximate surface area is 149 Å². The van der Waals surface area contributed by atoms with Crippen molar-refractivity contribution in [3.8, 4) is 22.0 Å². The van der Waals surface area contributed by atoms with Gasteiger partial charge < -0.3 is 5.11 Å². The molecular weight excluding hydrogens is 365 g/mol. The van der Waals surface area contributed by atoms with Crippen LogP contribution in [-0.2, 0) is 0 Å². The van der Waals surface area contributed by atoms with E-state index in [2.05, 4.69) is 9.97 Å². The lowest BCUT2D eigenvalue weighted by Crippen LogP contribution is -2.17. The lowest BCUT2D eigenvalue weighted by molar-refractivity contribution is 0.475. The summed E-state index contributed by atoms with van der Waals surface area (Å²) >= 11 is 7.15. The van der Waals surface area contributed by atoms with Crippen LogP contribution in [0.3, 0.4) is 0 Å². The molecule has 0 radical (unpaired) electrons. The maximum atomic E-state index is 13.0. The number of pyridine rings is 1. The minimum Gasteiger partial charge on any atom is -0.506 e. The largest absolute Gasteiger partial charge is 0.506 e. The number of rotatable bonds is 2. The molecular formula is C17H9ClFN3O2S. The molecule has 0 saturated heterocycles. The fourth-order valence-corrected chi connectivity index (χ4v) is 3.58. The van der Waals surface area contributed by atoms with Gasteiger partial charge in [-0.3, -0.25) is 14.3 Å². The number of thiophene rings is 1. The Kier molecular flexibility index (Phi) is 3.74. The number of aromatic nitrogens is 3. The molecule has 1 aromatic carbocycles. The normalized spacial score (nSPS) is 11.1. The van der Waals surface area contributed by atoms with E-state index in [-0.39, 0.29) is 16.3 Å². The van der Waals surface area contributed by atoms with Crippen molar-refractivity contribution in [2.24, 2.45) is 0 Å². The van der Waals surface area contributed by atoms with E-state index in [0.717, 1.165) is 11.1 Å². The van der Waals surface area contributed by atoms with Crippen molar-refractivity contribution in [2.75, 3.05) is 0 Å². The van der Waals surface area contributed by atoms with Crippen LogP contribution >= 0.6 is 22.9 Å². The average molecular weight is 374 g/mol. The molecule has 8 heteroatoms. The zero-order valence-electron chi connectivity index (χ0n) is 12.5. The summed E-state index contributed by atoms with van der Waals surface area (Å²) in [7, 11) is 0. The molecule has 0 saturated carbocycles. The first kappa shape index (κ1) is 15.7. The summed E-state index contributed by atoms with van der Waals surface area (Å²) in [6, 6.07) is 9.09. The first-order valence-electron chi connectivity index (χ1n) is 7.15. The second kappa shape index (κ2) is 5.94. The molecule has 0 amide bonds. The minimum atomic E-state index is -0.422. The van der Waals surface area contributed by atoms with Gasteiger partial charge in [0, 0.05) is 0 Å². The molecule has 0 spiro atoms. The Bertz CT molecular complexity index is 1150. The van der Waals surface area contributed by atoms with Crippen molar-refractivity contribution in [1.29, 1.82) is 0 Å². The van der Waals surface area contributed by atoms with E-state index in [4.69, 9.17) is 11.6 Å².